The van der Waals surface area contributed by atoms with Gasteiger partial charge in [-0.05, 0) is 74.3 Å². The number of aromatic amines is 2. The highest BCUT2D eigenvalue weighted by atomic mass is 19.1. The fourth-order valence-corrected chi connectivity index (χ4v) is 4.65. The van der Waals surface area contributed by atoms with E-state index in [1.807, 2.05) is 24.4 Å². The summed E-state index contributed by atoms with van der Waals surface area (Å²) in [6, 6.07) is 9.45. The third-order valence-corrected chi connectivity index (χ3v) is 6.41. The van der Waals surface area contributed by atoms with Gasteiger partial charge in [-0.1, -0.05) is 6.07 Å². The molecule has 6 rings (SSSR count). The Morgan fingerprint density at radius 2 is 1.94 bits per heavy atom. The molecule has 0 spiro atoms. The molecule has 1 aromatic carbocycles. The molecule has 2 N–H and O–H groups in total. The number of halogens is 1. The summed E-state index contributed by atoms with van der Waals surface area (Å²) >= 11 is 0. The van der Waals surface area contributed by atoms with Crippen LogP contribution >= 0.6 is 0 Å². The first-order valence-corrected chi connectivity index (χ1v) is 10.8. The number of nitrogens with one attached hydrogen (secondary N) is 2. The van der Waals surface area contributed by atoms with E-state index in [0.29, 0.717) is 17.4 Å². The van der Waals surface area contributed by atoms with E-state index in [2.05, 4.69) is 43.2 Å². The van der Waals surface area contributed by atoms with Gasteiger partial charge in [-0.15, -0.1) is 0 Å². The lowest BCUT2D eigenvalue weighted by molar-refractivity contribution is 0.256. The van der Waals surface area contributed by atoms with Gasteiger partial charge in [-0.2, -0.15) is 5.10 Å². The summed E-state index contributed by atoms with van der Waals surface area (Å²) < 4.78 is 13.7. The van der Waals surface area contributed by atoms with Gasteiger partial charge in [0.2, 0.25) is 0 Å². The van der Waals surface area contributed by atoms with Gasteiger partial charge < -0.3 is 9.88 Å². The molecule has 7 nitrogen and oxygen atoms in total. The average molecular weight is 427 g/mol. The summed E-state index contributed by atoms with van der Waals surface area (Å²) in [5.41, 5.74) is 6.16. The highest BCUT2D eigenvalue weighted by molar-refractivity contribution is 5.95. The van der Waals surface area contributed by atoms with Crippen LogP contribution in [0.1, 0.15) is 24.3 Å². The van der Waals surface area contributed by atoms with Gasteiger partial charge in [0.1, 0.15) is 11.5 Å². The third-order valence-electron chi connectivity index (χ3n) is 6.41. The first-order valence-electron chi connectivity index (χ1n) is 10.8. The quantitative estimate of drug-likeness (QED) is 0.442. The Morgan fingerprint density at radius 3 is 2.78 bits per heavy atom. The van der Waals surface area contributed by atoms with Crippen LogP contribution in [0.4, 0.5) is 4.39 Å². The maximum Gasteiger partial charge on any atom is 0.178 e. The van der Waals surface area contributed by atoms with Gasteiger partial charge in [-0.25, -0.2) is 14.4 Å². The van der Waals surface area contributed by atoms with E-state index in [4.69, 9.17) is 4.98 Å². The van der Waals surface area contributed by atoms with Gasteiger partial charge in [0.25, 0.3) is 0 Å². The van der Waals surface area contributed by atoms with Crippen LogP contribution in [0.5, 0.6) is 0 Å². The minimum atomic E-state index is -0.361. The first kappa shape index (κ1) is 19.1. The van der Waals surface area contributed by atoms with Crippen molar-refractivity contribution in [2.75, 3.05) is 20.1 Å². The second-order valence-electron chi connectivity index (χ2n) is 8.49. The summed E-state index contributed by atoms with van der Waals surface area (Å²) in [4.78, 5) is 19.1. The third kappa shape index (κ3) is 3.23. The van der Waals surface area contributed by atoms with Crippen LogP contribution in [0, 0.1) is 5.82 Å². The number of hydrogen-bond acceptors (Lipinski definition) is 5. The van der Waals surface area contributed by atoms with E-state index < -0.39 is 0 Å². The highest BCUT2D eigenvalue weighted by Gasteiger charge is 2.23. The molecule has 160 valence electrons. The number of hydrogen-bond donors (Lipinski definition) is 2. The molecule has 1 saturated heterocycles. The van der Waals surface area contributed by atoms with Crippen LogP contribution in [0.2, 0.25) is 0 Å². The van der Waals surface area contributed by atoms with Crippen molar-refractivity contribution < 1.29 is 4.39 Å². The number of pyridine rings is 2. The Labute approximate surface area is 183 Å². The van der Waals surface area contributed by atoms with Crippen LogP contribution in [-0.2, 0) is 0 Å². The SMILES string of the molecule is CN1CCC(c2ccnc3nc(-c4n[nH]c5ccc(-c6cncc(F)c6)cc45)[nH]c23)CC1. The van der Waals surface area contributed by atoms with E-state index in [-0.39, 0.29) is 5.82 Å². The molecule has 8 heteroatoms. The highest BCUT2D eigenvalue weighted by Crippen LogP contribution is 2.34. The van der Waals surface area contributed by atoms with Crippen molar-refractivity contribution in [1.29, 1.82) is 0 Å². The van der Waals surface area contributed by atoms with E-state index in [0.717, 1.165) is 59.2 Å². The van der Waals surface area contributed by atoms with E-state index >= 15 is 0 Å². The lowest BCUT2D eigenvalue weighted by Gasteiger charge is -2.29. The number of fused-ring (bicyclic) bond motifs is 2. The number of aromatic nitrogens is 6. The molecule has 1 fully saturated rings. The molecular weight excluding hydrogens is 405 g/mol. The van der Waals surface area contributed by atoms with E-state index in [1.54, 1.807) is 6.20 Å². The number of nitrogens with zero attached hydrogens (tertiary/aromatic N) is 5. The van der Waals surface area contributed by atoms with Crippen molar-refractivity contribution in [1.82, 2.24) is 35.0 Å². The maximum atomic E-state index is 13.7. The number of rotatable bonds is 3. The molecule has 32 heavy (non-hydrogen) atoms. The maximum absolute atomic E-state index is 13.7. The lowest BCUT2D eigenvalue weighted by Crippen LogP contribution is -2.29. The first-order chi connectivity index (χ1) is 15.7. The Balaban J connectivity index is 1.44. The molecule has 1 aliphatic rings. The molecule has 1 aliphatic heterocycles. The minimum Gasteiger partial charge on any atom is -0.335 e. The fourth-order valence-electron chi connectivity index (χ4n) is 4.65. The van der Waals surface area contributed by atoms with Crippen molar-refractivity contribution in [2.24, 2.45) is 0 Å². The second kappa shape index (κ2) is 7.49. The van der Waals surface area contributed by atoms with Crippen LogP contribution in [-0.4, -0.2) is 55.2 Å². The van der Waals surface area contributed by atoms with Crippen LogP contribution < -0.4 is 0 Å². The average Bonchev–Trinajstić information content (AvgIpc) is 3.43. The smallest absolute Gasteiger partial charge is 0.178 e. The summed E-state index contributed by atoms with van der Waals surface area (Å²) in [7, 11) is 2.17. The topological polar surface area (TPSA) is 86.4 Å². The molecule has 0 bridgehead atoms. The van der Waals surface area contributed by atoms with Crippen LogP contribution in [0.25, 0.3) is 44.7 Å². The van der Waals surface area contributed by atoms with Gasteiger partial charge in [0, 0.05) is 23.3 Å². The second-order valence-corrected chi connectivity index (χ2v) is 8.49. The predicted molar refractivity (Wildman–Crippen MR) is 122 cm³/mol. The zero-order chi connectivity index (χ0) is 21.7. The fraction of sp³-hybridized carbons (Fsp3) is 0.250. The van der Waals surface area contributed by atoms with Crippen molar-refractivity contribution in [2.45, 2.75) is 18.8 Å². The van der Waals surface area contributed by atoms with E-state index in [1.165, 1.54) is 17.8 Å². The molecular formula is C24H22FN7. The van der Waals surface area contributed by atoms with Crippen molar-refractivity contribution in [3.63, 3.8) is 0 Å². The van der Waals surface area contributed by atoms with Gasteiger partial charge in [0.05, 0.1) is 17.2 Å². The molecule has 0 saturated carbocycles. The minimum absolute atomic E-state index is 0.361. The van der Waals surface area contributed by atoms with E-state index in [9.17, 15) is 4.39 Å². The predicted octanol–water partition coefficient (Wildman–Crippen LogP) is 4.51. The molecule has 0 amide bonds. The molecule has 0 radical (unpaired) electrons. The Kier molecular flexibility index (Phi) is 4.46. The summed E-state index contributed by atoms with van der Waals surface area (Å²) in [6.07, 6.45) is 6.95. The Bertz CT molecular complexity index is 1430. The number of imidazole rings is 1. The Hall–Kier alpha value is -3.65. The summed E-state index contributed by atoms with van der Waals surface area (Å²) in [5.74, 6) is 0.807. The van der Waals surface area contributed by atoms with Crippen LogP contribution in [0.15, 0.2) is 48.9 Å². The summed E-state index contributed by atoms with van der Waals surface area (Å²) in [6.45, 7) is 2.19. The zero-order valence-corrected chi connectivity index (χ0v) is 17.6. The Morgan fingerprint density at radius 1 is 1.06 bits per heavy atom. The van der Waals surface area contributed by atoms with Crippen molar-refractivity contribution >= 4 is 22.1 Å². The number of H-pyrrole nitrogens is 2. The molecule has 0 unspecified atom stereocenters. The summed E-state index contributed by atoms with van der Waals surface area (Å²) in [5, 5.41) is 8.51. The van der Waals surface area contributed by atoms with Crippen molar-refractivity contribution in [3.8, 4) is 22.6 Å². The van der Waals surface area contributed by atoms with Gasteiger partial charge in [-0.3, -0.25) is 10.1 Å². The van der Waals surface area contributed by atoms with Gasteiger partial charge in [0.15, 0.2) is 11.5 Å². The van der Waals surface area contributed by atoms with Crippen LogP contribution in [0.3, 0.4) is 0 Å². The molecule has 5 aromatic rings. The zero-order valence-electron chi connectivity index (χ0n) is 17.6. The normalized spacial score (nSPS) is 15.7. The monoisotopic (exact) mass is 427 g/mol. The molecule has 0 atom stereocenters. The standard InChI is InChI=1S/C24H22FN7/c1-32-8-5-14(6-9-32)18-4-7-27-23-21(18)28-24(29-23)22-19-11-15(2-3-20(19)30-31-22)16-10-17(25)13-26-12-16/h2-4,7,10-14H,5-6,8-9H2,1H3,(H,30,31)(H,27,28,29). The number of benzene rings is 1. The molecule has 4 aromatic heterocycles. The van der Waals surface area contributed by atoms with Crippen molar-refractivity contribution in [3.05, 3.63) is 60.3 Å². The largest absolute Gasteiger partial charge is 0.335 e. The lowest BCUT2D eigenvalue weighted by atomic mass is 9.89. The molecule has 5 heterocycles. The number of likely N-dealkylation sites (tertiary alicyclic amines) is 1. The molecule has 0 aliphatic carbocycles. The number of piperidine rings is 1. The van der Waals surface area contributed by atoms with Gasteiger partial charge >= 0.3 is 0 Å².